The van der Waals surface area contributed by atoms with E-state index in [1.165, 1.54) is 30.1 Å². The molecule has 1 heterocycles. The predicted octanol–water partition coefficient (Wildman–Crippen LogP) is 6.01. The third-order valence-electron chi connectivity index (χ3n) is 5.24. The first-order valence-electron chi connectivity index (χ1n) is 11.6. The maximum atomic E-state index is 12.6. The van der Waals surface area contributed by atoms with Gasteiger partial charge in [0, 0.05) is 0 Å². The Morgan fingerprint density at radius 2 is 1.86 bits per heavy atom. The van der Waals surface area contributed by atoms with Gasteiger partial charge in [0.15, 0.2) is 11.5 Å². The molecule has 0 aliphatic heterocycles. The maximum Gasteiger partial charge on any atom is 0.268 e. The molecule has 1 aromatic heterocycles. The molecule has 0 radical (unpaired) electrons. The molecule has 10 heteroatoms. The molecule has 0 atom stereocenters. The van der Waals surface area contributed by atoms with E-state index in [-0.39, 0.29) is 11.0 Å². The number of aryl methyl sites for hydroxylation is 1. The molecule has 1 N–H and O–H groups in total. The topological polar surface area (TPSA) is 106 Å². The minimum atomic E-state index is -0.553. The van der Waals surface area contributed by atoms with Gasteiger partial charge in [0.2, 0.25) is 5.13 Å². The van der Waals surface area contributed by atoms with E-state index in [1.807, 2.05) is 31.2 Å². The number of anilines is 1. The Kier molecular flexibility index (Phi) is 9.88. The van der Waals surface area contributed by atoms with Crippen molar-refractivity contribution in [2.75, 3.05) is 25.6 Å². The summed E-state index contributed by atoms with van der Waals surface area (Å²) in [7, 11) is 1.54. The highest BCUT2D eigenvalue weighted by Gasteiger charge is 2.16. The SMILES string of the molecule is CCc1nnc(NC(=O)C(C#N)=Cc2cc(I)c(OCCOc3ccc(C(C)(C)C)cc3)c(OC)c2)s1. The van der Waals surface area contributed by atoms with E-state index in [1.54, 1.807) is 6.07 Å². The average Bonchev–Trinajstić information content (AvgIpc) is 3.32. The predicted molar refractivity (Wildman–Crippen MR) is 153 cm³/mol. The van der Waals surface area contributed by atoms with Crippen molar-refractivity contribution in [3.05, 3.63) is 61.7 Å². The normalized spacial score (nSPS) is 11.5. The molecule has 0 bridgehead atoms. The Bertz CT molecular complexity index is 1310. The van der Waals surface area contributed by atoms with Crippen LogP contribution in [0.3, 0.4) is 0 Å². The first kappa shape index (κ1) is 28.4. The van der Waals surface area contributed by atoms with Crippen molar-refractivity contribution in [3.63, 3.8) is 0 Å². The van der Waals surface area contributed by atoms with Gasteiger partial charge in [0.1, 0.15) is 35.6 Å². The number of hydrogen-bond donors (Lipinski definition) is 1. The maximum absolute atomic E-state index is 12.6. The molecule has 0 fully saturated rings. The lowest BCUT2D eigenvalue weighted by molar-refractivity contribution is -0.112. The Balaban J connectivity index is 1.64. The summed E-state index contributed by atoms with van der Waals surface area (Å²) in [5, 5.41) is 21.2. The summed E-state index contributed by atoms with van der Waals surface area (Å²) in [5.41, 5.74) is 1.89. The molecule has 0 unspecified atom stereocenters. The van der Waals surface area contributed by atoms with Crippen molar-refractivity contribution in [1.29, 1.82) is 5.26 Å². The van der Waals surface area contributed by atoms with Crippen LogP contribution in [0.2, 0.25) is 0 Å². The number of benzene rings is 2. The van der Waals surface area contributed by atoms with Gasteiger partial charge in [-0.1, -0.05) is 51.2 Å². The quantitative estimate of drug-likeness (QED) is 0.126. The summed E-state index contributed by atoms with van der Waals surface area (Å²) in [6.45, 7) is 9.14. The Morgan fingerprint density at radius 1 is 1.16 bits per heavy atom. The number of nitrogens with zero attached hydrogens (tertiary/aromatic N) is 3. The Hall–Kier alpha value is -3.17. The summed E-state index contributed by atoms with van der Waals surface area (Å²) < 4.78 is 18.0. The van der Waals surface area contributed by atoms with Crippen LogP contribution in [-0.2, 0) is 16.6 Å². The second-order valence-electron chi connectivity index (χ2n) is 8.98. The van der Waals surface area contributed by atoms with E-state index >= 15 is 0 Å². The second kappa shape index (κ2) is 12.9. The summed E-state index contributed by atoms with van der Waals surface area (Å²) in [6.07, 6.45) is 2.22. The number of amides is 1. The van der Waals surface area contributed by atoms with Gasteiger partial charge in [-0.05, 0) is 75.9 Å². The second-order valence-corrected chi connectivity index (χ2v) is 11.2. The third kappa shape index (κ3) is 7.90. The van der Waals surface area contributed by atoms with Gasteiger partial charge in [-0.2, -0.15) is 5.26 Å². The first-order valence-corrected chi connectivity index (χ1v) is 13.5. The zero-order valence-electron chi connectivity index (χ0n) is 21.4. The summed E-state index contributed by atoms with van der Waals surface area (Å²) in [4.78, 5) is 12.6. The number of nitriles is 1. The van der Waals surface area contributed by atoms with Crippen LogP contribution in [-0.4, -0.2) is 36.4 Å². The van der Waals surface area contributed by atoms with Gasteiger partial charge in [-0.3, -0.25) is 10.1 Å². The van der Waals surface area contributed by atoms with Gasteiger partial charge in [-0.15, -0.1) is 10.2 Å². The van der Waals surface area contributed by atoms with Gasteiger partial charge in [-0.25, -0.2) is 0 Å². The number of carbonyl (C=O) groups is 1. The molecule has 37 heavy (non-hydrogen) atoms. The number of aromatic nitrogens is 2. The van der Waals surface area contributed by atoms with Crippen LogP contribution in [0.15, 0.2) is 42.0 Å². The summed E-state index contributed by atoms with van der Waals surface area (Å²) in [6, 6.07) is 13.5. The lowest BCUT2D eigenvalue weighted by Gasteiger charge is -2.19. The molecule has 3 aromatic rings. The van der Waals surface area contributed by atoms with Gasteiger partial charge >= 0.3 is 0 Å². The molecule has 1 amide bonds. The number of ether oxygens (including phenoxy) is 3. The molecule has 0 aliphatic rings. The van der Waals surface area contributed by atoms with Crippen LogP contribution in [0, 0.1) is 14.9 Å². The van der Waals surface area contributed by atoms with E-state index in [4.69, 9.17) is 14.2 Å². The van der Waals surface area contributed by atoms with Crippen LogP contribution in [0.25, 0.3) is 6.08 Å². The highest BCUT2D eigenvalue weighted by Crippen LogP contribution is 2.35. The molecule has 0 spiro atoms. The number of methoxy groups -OCH3 is 1. The van der Waals surface area contributed by atoms with Gasteiger partial charge in [0.25, 0.3) is 5.91 Å². The lowest BCUT2D eigenvalue weighted by atomic mass is 9.87. The number of hydrogen-bond acceptors (Lipinski definition) is 8. The van der Waals surface area contributed by atoms with E-state index < -0.39 is 5.91 Å². The van der Waals surface area contributed by atoms with Crippen molar-refractivity contribution in [2.24, 2.45) is 0 Å². The molecule has 0 saturated heterocycles. The zero-order valence-corrected chi connectivity index (χ0v) is 24.4. The molecule has 2 aromatic carbocycles. The molecular formula is C27H29IN4O4S. The van der Waals surface area contributed by atoms with E-state index in [2.05, 4.69) is 71.0 Å². The van der Waals surface area contributed by atoms with E-state index in [0.717, 1.165) is 20.7 Å². The van der Waals surface area contributed by atoms with Gasteiger partial charge in [0.05, 0.1) is 10.7 Å². The molecule has 3 rings (SSSR count). The number of rotatable bonds is 10. The highest BCUT2D eigenvalue weighted by atomic mass is 127. The van der Waals surface area contributed by atoms with Crippen molar-refractivity contribution in [1.82, 2.24) is 10.2 Å². The minimum absolute atomic E-state index is 0.0642. The fraction of sp³-hybridized carbons (Fsp3) is 0.333. The third-order valence-corrected chi connectivity index (χ3v) is 7.02. The fourth-order valence-electron chi connectivity index (χ4n) is 3.24. The minimum Gasteiger partial charge on any atom is -0.493 e. The smallest absolute Gasteiger partial charge is 0.268 e. The van der Waals surface area contributed by atoms with Crippen LogP contribution in [0.5, 0.6) is 17.2 Å². The lowest BCUT2D eigenvalue weighted by Crippen LogP contribution is -2.13. The monoisotopic (exact) mass is 632 g/mol. The van der Waals surface area contributed by atoms with E-state index in [9.17, 15) is 10.1 Å². The first-order chi connectivity index (χ1) is 17.6. The Labute approximate surface area is 234 Å². The van der Waals surface area contributed by atoms with Crippen LogP contribution < -0.4 is 19.5 Å². The van der Waals surface area contributed by atoms with Crippen molar-refractivity contribution < 1.29 is 19.0 Å². The summed E-state index contributed by atoms with van der Waals surface area (Å²) >= 11 is 3.41. The highest BCUT2D eigenvalue weighted by molar-refractivity contribution is 14.1. The largest absolute Gasteiger partial charge is 0.493 e. The van der Waals surface area contributed by atoms with Crippen molar-refractivity contribution in [3.8, 4) is 23.3 Å². The van der Waals surface area contributed by atoms with Gasteiger partial charge < -0.3 is 14.2 Å². The zero-order chi connectivity index (χ0) is 27.0. The van der Waals surface area contributed by atoms with Crippen molar-refractivity contribution >= 4 is 51.0 Å². The average molecular weight is 633 g/mol. The molecule has 8 nitrogen and oxygen atoms in total. The van der Waals surface area contributed by atoms with Crippen LogP contribution in [0.4, 0.5) is 5.13 Å². The number of carbonyl (C=O) groups excluding carboxylic acids is 1. The van der Waals surface area contributed by atoms with Crippen molar-refractivity contribution in [2.45, 2.75) is 39.5 Å². The molecule has 0 saturated carbocycles. The standard InChI is InChI=1S/C27H29IN4O4S/c1-6-23-31-32-26(37-23)30-25(33)18(16-29)13-17-14-21(28)24(22(15-17)34-5)36-12-11-35-20-9-7-19(8-10-20)27(2,3)4/h7-10,13-15H,6,11-12H2,1-5H3,(H,30,32,33). The molecule has 0 aliphatic carbocycles. The molecule has 194 valence electrons. The fourth-order valence-corrected chi connectivity index (χ4v) is 4.70. The van der Waals surface area contributed by atoms with E-state index in [0.29, 0.717) is 35.4 Å². The number of halogens is 1. The van der Waals surface area contributed by atoms with Crippen LogP contribution >= 0.6 is 33.9 Å². The van der Waals surface area contributed by atoms with Crippen LogP contribution in [0.1, 0.15) is 43.8 Å². The Morgan fingerprint density at radius 3 is 2.46 bits per heavy atom. The number of nitrogens with one attached hydrogen (secondary N) is 1. The summed E-state index contributed by atoms with van der Waals surface area (Å²) in [5.74, 6) is 1.28. The molecular weight excluding hydrogens is 603 g/mol.